The fourth-order valence-corrected chi connectivity index (χ4v) is 3.26. The van der Waals surface area contributed by atoms with Crippen molar-refractivity contribution >= 4 is 23.3 Å². The average Bonchev–Trinajstić information content (AvgIpc) is 2.88. The monoisotopic (exact) mass is 438 g/mol. The van der Waals surface area contributed by atoms with Crippen LogP contribution in [-0.4, -0.2) is 35.9 Å². The maximum Gasteiger partial charge on any atom is 0.258 e. The molecule has 2 amide bonds. The average molecular weight is 438 g/mol. The molecule has 0 bridgehead atoms. The van der Waals surface area contributed by atoms with E-state index in [1.807, 2.05) is 54.6 Å². The van der Waals surface area contributed by atoms with E-state index >= 15 is 0 Å². The molecule has 1 aromatic heterocycles. The van der Waals surface area contributed by atoms with Crippen molar-refractivity contribution in [2.45, 2.75) is 0 Å². The molecule has 0 aliphatic heterocycles. The topological polar surface area (TPSA) is 84.4 Å². The lowest BCUT2D eigenvalue weighted by Crippen LogP contribution is -2.26. The van der Waals surface area contributed by atoms with E-state index in [-0.39, 0.29) is 11.8 Å². The van der Waals surface area contributed by atoms with Gasteiger partial charge in [-0.25, -0.2) is 9.97 Å². The Morgan fingerprint density at radius 3 is 2.18 bits per heavy atom. The second-order valence-electron chi connectivity index (χ2n) is 7.25. The van der Waals surface area contributed by atoms with Crippen molar-refractivity contribution in [1.29, 1.82) is 0 Å². The Hall–Kier alpha value is -4.52. The second kappa shape index (κ2) is 9.74. The molecule has 0 aliphatic carbocycles. The van der Waals surface area contributed by atoms with Crippen LogP contribution in [0.3, 0.4) is 0 Å². The molecule has 33 heavy (non-hydrogen) atoms. The number of aromatic nitrogens is 2. The summed E-state index contributed by atoms with van der Waals surface area (Å²) in [6.45, 7) is 0. The first-order chi connectivity index (χ1) is 16.0. The third-order valence-corrected chi connectivity index (χ3v) is 5.14. The molecule has 3 aromatic carbocycles. The van der Waals surface area contributed by atoms with Gasteiger partial charge >= 0.3 is 0 Å². The maximum atomic E-state index is 12.7. The smallest absolute Gasteiger partial charge is 0.258 e. The van der Waals surface area contributed by atoms with Crippen molar-refractivity contribution in [3.8, 4) is 17.0 Å². The minimum Gasteiger partial charge on any atom is -0.497 e. The molecule has 1 heterocycles. The van der Waals surface area contributed by atoms with Crippen LogP contribution in [0, 0.1) is 0 Å². The van der Waals surface area contributed by atoms with Gasteiger partial charge in [0.1, 0.15) is 17.9 Å². The van der Waals surface area contributed by atoms with E-state index in [2.05, 4.69) is 15.3 Å². The number of carbonyl (C=O) groups is 2. The fraction of sp³-hybridized carbons (Fsp3) is 0.0769. The third-order valence-electron chi connectivity index (χ3n) is 5.14. The molecule has 164 valence electrons. The lowest BCUT2D eigenvalue weighted by atomic mass is 10.1. The number of carbonyl (C=O) groups excluding carboxylic acids is 2. The zero-order valence-corrected chi connectivity index (χ0v) is 18.2. The lowest BCUT2D eigenvalue weighted by molar-refractivity contribution is 0.0989. The molecule has 0 atom stereocenters. The Morgan fingerprint density at radius 1 is 0.848 bits per heavy atom. The molecule has 0 aliphatic rings. The van der Waals surface area contributed by atoms with Gasteiger partial charge in [-0.15, -0.1) is 0 Å². The maximum absolute atomic E-state index is 12.7. The quantitative estimate of drug-likeness (QED) is 0.472. The Balaban J connectivity index is 1.45. The largest absolute Gasteiger partial charge is 0.497 e. The molecule has 1 N–H and O–H groups in total. The van der Waals surface area contributed by atoms with Gasteiger partial charge in [0.2, 0.25) is 0 Å². The van der Waals surface area contributed by atoms with Gasteiger partial charge in [0.15, 0.2) is 0 Å². The predicted molar refractivity (Wildman–Crippen MR) is 128 cm³/mol. The molecule has 4 rings (SSSR count). The van der Waals surface area contributed by atoms with Gasteiger partial charge in [0.05, 0.1) is 12.8 Å². The van der Waals surface area contributed by atoms with Crippen LogP contribution in [0.25, 0.3) is 11.3 Å². The molecule has 0 saturated carbocycles. The summed E-state index contributed by atoms with van der Waals surface area (Å²) in [4.78, 5) is 35.4. The Labute approximate surface area is 191 Å². The van der Waals surface area contributed by atoms with E-state index in [0.29, 0.717) is 22.6 Å². The predicted octanol–water partition coefficient (Wildman–Crippen LogP) is 4.68. The van der Waals surface area contributed by atoms with E-state index in [4.69, 9.17) is 4.74 Å². The number of para-hydroxylation sites is 1. The van der Waals surface area contributed by atoms with E-state index in [0.717, 1.165) is 17.0 Å². The first-order valence-electron chi connectivity index (χ1n) is 10.3. The van der Waals surface area contributed by atoms with E-state index in [1.165, 1.54) is 6.33 Å². The van der Waals surface area contributed by atoms with Gasteiger partial charge < -0.3 is 15.0 Å². The van der Waals surface area contributed by atoms with Crippen LogP contribution in [0.1, 0.15) is 20.7 Å². The number of ether oxygens (including phenoxy) is 1. The molecule has 0 radical (unpaired) electrons. The van der Waals surface area contributed by atoms with Crippen LogP contribution in [0.4, 0.5) is 11.5 Å². The highest BCUT2D eigenvalue weighted by atomic mass is 16.5. The summed E-state index contributed by atoms with van der Waals surface area (Å²) in [5.41, 5.74) is 3.24. The summed E-state index contributed by atoms with van der Waals surface area (Å²) in [6.07, 6.45) is 1.40. The van der Waals surface area contributed by atoms with Crippen LogP contribution in [-0.2, 0) is 0 Å². The zero-order valence-electron chi connectivity index (χ0n) is 18.2. The standard InChI is InChI=1S/C26H22N4O3/c1-30(21-6-4-3-5-7-21)26(32)20-10-8-19(9-11-20)25(31)29-24-16-23(27-17-28-24)18-12-14-22(33-2)15-13-18/h3-17H,1-2H3,(H,27,28,29,31). The SMILES string of the molecule is COc1ccc(-c2cc(NC(=O)c3ccc(C(=O)N(C)c4ccccc4)cc3)ncn2)cc1. The number of hydrogen-bond acceptors (Lipinski definition) is 5. The van der Waals surface area contributed by atoms with Crippen molar-refractivity contribution in [2.24, 2.45) is 0 Å². The minimum atomic E-state index is -0.329. The van der Waals surface area contributed by atoms with Crippen molar-refractivity contribution in [3.05, 3.63) is 102 Å². The number of nitrogens with one attached hydrogen (secondary N) is 1. The summed E-state index contributed by atoms with van der Waals surface area (Å²) in [5, 5.41) is 2.78. The molecule has 7 heteroatoms. The number of benzene rings is 3. The number of anilines is 2. The molecule has 0 unspecified atom stereocenters. The van der Waals surface area contributed by atoms with Crippen LogP contribution < -0.4 is 15.0 Å². The number of nitrogens with zero attached hydrogens (tertiary/aromatic N) is 3. The van der Waals surface area contributed by atoms with Gasteiger partial charge in [-0.05, 0) is 60.7 Å². The summed E-state index contributed by atoms with van der Waals surface area (Å²) in [5.74, 6) is 0.640. The van der Waals surface area contributed by atoms with Gasteiger partial charge in [-0.2, -0.15) is 0 Å². The highest BCUT2D eigenvalue weighted by Crippen LogP contribution is 2.22. The number of hydrogen-bond donors (Lipinski definition) is 1. The van der Waals surface area contributed by atoms with Gasteiger partial charge in [0, 0.05) is 35.5 Å². The first kappa shape index (κ1) is 21.7. The summed E-state index contributed by atoms with van der Waals surface area (Å²) in [7, 11) is 3.32. The number of amides is 2. The highest BCUT2D eigenvalue weighted by molar-refractivity contribution is 6.07. The fourth-order valence-electron chi connectivity index (χ4n) is 3.26. The summed E-state index contributed by atoms with van der Waals surface area (Å²) < 4.78 is 5.18. The lowest BCUT2D eigenvalue weighted by Gasteiger charge is -2.17. The van der Waals surface area contributed by atoms with E-state index < -0.39 is 0 Å². The normalized spacial score (nSPS) is 10.4. The second-order valence-corrected chi connectivity index (χ2v) is 7.25. The molecular weight excluding hydrogens is 416 g/mol. The number of rotatable bonds is 6. The Bertz CT molecular complexity index is 1260. The molecule has 0 fully saturated rings. The van der Waals surface area contributed by atoms with Crippen LogP contribution in [0.2, 0.25) is 0 Å². The highest BCUT2D eigenvalue weighted by Gasteiger charge is 2.15. The number of methoxy groups -OCH3 is 1. The minimum absolute atomic E-state index is 0.159. The Morgan fingerprint density at radius 2 is 1.52 bits per heavy atom. The van der Waals surface area contributed by atoms with Crippen molar-refractivity contribution in [3.63, 3.8) is 0 Å². The molecular formula is C26H22N4O3. The summed E-state index contributed by atoms with van der Waals surface area (Å²) in [6, 6.07) is 25.0. The molecule has 0 saturated heterocycles. The van der Waals surface area contributed by atoms with Gasteiger partial charge in [-0.3, -0.25) is 9.59 Å². The molecule has 7 nitrogen and oxygen atoms in total. The summed E-state index contributed by atoms with van der Waals surface area (Å²) >= 11 is 0. The van der Waals surface area contributed by atoms with E-state index in [9.17, 15) is 9.59 Å². The molecule has 0 spiro atoms. The van der Waals surface area contributed by atoms with Gasteiger partial charge in [0.25, 0.3) is 11.8 Å². The van der Waals surface area contributed by atoms with Gasteiger partial charge in [-0.1, -0.05) is 18.2 Å². The van der Waals surface area contributed by atoms with Crippen LogP contribution in [0.15, 0.2) is 91.3 Å². The zero-order chi connectivity index (χ0) is 23.2. The third kappa shape index (κ3) is 5.04. The van der Waals surface area contributed by atoms with E-state index in [1.54, 1.807) is 49.4 Å². The van der Waals surface area contributed by atoms with Crippen LogP contribution in [0.5, 0.6) is 5.75 Å². The van der Waals surface area contributed by atoms with Crippen LogP contribution >= 0.6 is 0 Å². The Kier molecular flexibility index (Phi) is 6.40. The molecule has 4 aromatic rings. The first-order valence-corrected chi connectivity index (χ1v) is 10.3. The van der Waals surface area contributed by atoms with Crippen molar-refractivity contribution in [2.75, 3.05) is 24.4 Å². The van der Waals surface area contributed by atoms with Crippen molar-refractivity contribution < 1.29 is 14.3 Å². The van der Waals surface area contributed by atoms with Crippen molar-refractivity contribution in [1.82, 2.24) is 9.97 Å².